The summed E-state index contributed by atoms with van der Waals surface area (Å²) >= 11 is -1.44. The molecule has 1 aliphatic carbocycles. The number of alkyl halides is 1. The van der Waals surface area contributed by atoms with Gasteiger partial charge < -0.3 is 9.30 Å². The molecule has 6 bridgehead atoms. The van der Waals surface area contributed by atoms with E-state index in [1.165, 1.54) is 16.0 Å². The number of nitrogens with one attached hydrogen (secondary N) is 2. The number of carbonyl (C=O) groups excluding carboxylic acids is 5. The summed E-state index contributed by atoms with van der Waals surface area (Å²) in [4.78, 5) is 76.8. The van der Waals surface area contributed by atoms with Crippen LogP contribution in [0.25, 0.3) is 33.3 Å². The fourth-order valence-corrected chi connectivity index (χ4v) is 22.0. The van der Waals surface area contributed by atoms with Crippen molar-refractivity contribution in [2.75, 3.05) is 37.7 Å². The molecule has 2 aromatic heterocycles. The summed E-state index contributed by atoms with van der Waals surface area (Å²) in [6.45, 7) is 15.2. The number of aryl methyl sites for hydroxylation is 1. The van der Waals surface area contributed by atoms with E-state index in [0.29, 0.717) is 19.4 Å². The van der Waals surface area contributed by atoms with Gasteiger partial charge in [-0.2, -0.15) is 0 Å². The zero-order valence-corrected chi connectivity index (χ0v) is 43.3. The molecule has 3 fully saturated rings. The number of benzene rings is 2. The number of rotatable bonds is 7. The van der Waals surface area contributed by atoms with E-state index in [1.54, 1.807) is 13.3 Å². The quantitative estimate of drug-likeness (QED) is 0.0738. The average Bonchev–Trinajstić information content (AvgIpc) is 3.80. The average molecular weight is 1100 g/mol. The van der Waals surface area contributed by atoms with Crippen molar-refractivity contribution < 1.29 is 38.2 Å². The summed E-state index contributed by atoms with van der Waals surface area (Å²) in [5, 5.41) is 5.67. The number of fused-ring (bicyclic) bond motifs is 8. The van der Waals surface area contributed by atoms with E-state index in [0.717, 1.165) is 56.7 Å². The van der Waals surface area contributed by atoms with Crippen LogP contribution in [-0.2, 0) is 51.1 Å². The standard InChI is InChI=1S/C41H47IN5O5.C8H9NO3.In/c1-7-46-31-15-14-27-22-29(31)33-34(37(51-6)35-28(36(33)46)13-9-17-43-35)40(4,5)23-52-39(50)41(42)16-10-18-47(45-41)38(49)30(44-32(48)19-24(2)3)21-25-11-8-12-26(27)20-25;1-3-7(11)9-4-8(5-9,6-10)12-2;/h8-9,11-15,17,19-20,22,24,30,34,37,45H,7,10,16,18,21,23H2,1-6H3,(H,44,48);3H,1-2,4-5H2;/t30-,34?,37-,41+;;/m0../s1. The summed E-state index contributed by atoms with van der Waals surface area (Å²) in [7, 11) is 1.71. The Morgan fingerprint density at radius 2 is 1.88 bits per heavy atom. The van der Waals surface area contributed by atoms with Crippen molar-refractivity contribution in [2.45, 2.75) is 91.3 Å². The normalized spacial score (nSPS) is 25.2. The third kappa shape index (κ3) is 7.85. The maximum absolute atomic E-state index is 14.9. The third-order valence-electron chi connectivity index (χ3n) is 14.3. The number of carbonyl (C=O) groups is 5. The van der Waals surface area contributed by atoms with Gasteiger partial charge in [0, 0.05) is 31.3 Å². The molecule has 5 atom stereocenters. The van der Waals surface area contributed by atoms with E-state index in [-0.39, 0.29) is 57.7 Å². The molecule has 0 saturated carbocycles. The maximum atomic E-state index is 14.9. The van der Waals surface area contributed by atoms with Crippen LogP contribution in [0.5, 0.6) is 0 Å². The van der Waals surface area contributed by atoms with Gasteiger partial charge in [0.15, 0.2) is 0 Å². The Kier molecular flexibility index (Phi) is 12.4. The molecule has 4 aliphatic heterocycles. The summed E-state index contributed by atoms with van der Waals surface area (Å²) in [5.74, 6) is -1.95. The van der Waals surface area contributed by atoms with Crippen LogP contribution in [0.15, 0.2) is 73.4 Å². The minimum absolute atomic E-state index is 0.00321. The van der Waals surface area contributed by atoms with E-state index < -0.39 is 63.7 Å². The molecule has 4 aromatic rings. The molecule has 14 nitrogen and oxygen atoms in total. The molecule has 3 amide bonds. The molecule has 6 heterocycles. The molecule has 3 saturated heterocycles. The van der Waals surface area contributed by atoms with Gasteiger partial charge >= 0.3 is 308 Å². The van der Waals surface area contributed by atoms with Crippen molar-refractivity contribution in [3.63, 3.8) is 0 Å². The second-order valence-electron chi connectivity index (χ2n) is 19.3. The number of hydrazine groups is 1. The van der Waals surface area contributed by atoms with Crippen molar-refractivity contribution in [1.82, 2.24) is 30.2 Å². The first-order chi connectivity index (χ1) is 31.0. The number of methoxy groups -OCH3 is 1. The predicted octanol–water partition coefficient (Wildman–Crippen LogP) is 6.01. The third-order valence-corrected chi connectivity index (χ3v) is 26.0. The molecule has 9 rings (SSSR count). The number of cyclic esters (lactones) is 1. The van der Waals surface area contributed by atoms with Gasteiger partial charge in [0.2, 0.25) is 0 Å². The van der Waals surface area contributed by atoms with E-state index in [4.69, 9.17) is 19.2 Å². The monoisotopic (exact) mass is 1100 g/mol. The van der Waals surface area contributed by atoms with E-state index in [2.05, 4.69) is 102 Å². The van der Waals surface area contributed by atoms with E-state index in [9.17, 15) is 24.0 Å². The minimum atomic E-state index is -3.51. The number of nitrogens with zero attached hydrogens (tertiary/aromatic N) is 4. The van der Waals surface area contributed by atoms with Gasteiger partial charge in [-0.3, -0.25) is 4.98 Å². The molecule has 2 N–H and O–H groups in total. The molecular weight excluding hydrogens is 1040 g/mol. The number of ether oxygens (including phenoxy) is 3. The number of halogens is 1. The van der Waals surface area contributed by atoms with Gasteiger partial charge in [0.1, 0.15) is 6.10 Å². The molecule has 2 aromatic carbocycles. The van der Waals surface area contributed by atoms with Crippen molar-refractivity contribution in [3.05, 3.63) is 90.3 Å². The van der Waals surface area contributed by atoms with E-state index in [1.807, 2.05) is 32.0 Å². The van der Waals surface area contributed by atoms with Gasteiger partial charge in [-0.1, -0.05) is 13.8 Å². The molecule has 65 heavy (non-hydrogen) atoms. The summed E-state index contributed by atoms with van der Waals surface area (Å²) in [6, 6.07) is 17.6. The Hall–Kier alpha value is -4.10. The number of pyridine rings is 1. The van der Waals surface area contributed by atoms with Crippen LogP contribution in [-0.4, -0.2) is 121 Å². The van der Waals surface area contributed by atoms with E-state index >= 15 is 0 Å². The van der Waals surface area contributed by atoms with Crippen LogP contribution in [0.3, 0.4) is 0 Å². The van der Waals surface area contributed by atoms with Crippen LogP contribution >= 0.6 is 22.6 Å². The summed E-state index contributed by atoms with van der Waals surface area (Å²) in [6.07, 6.45) is 3.68. The Balaban J connectivity index is 1.12. The van der Waals surface area contributed by atoms with Crippen molar-refractivity contribution in [2.24, 2.45) is 11.3 Å². The van der Waals surface area contributed by atoms with Gasteiger partial charge in [-0.15, -0.1) is 0 Å². The van der Waals surface area contributed by atoms with Crippen LogP contribution in [0.1, 0.15) is 76.3 Å². The zero-order valence-electron chi connectivity index (χ0n) is 37.8. The zero-order chi connectivity index (χ0) is 46.2. The van der Waals surface area contributed by atoms with Crippen LogP contribution in [0.4, 0.5) is 0 Å². The second-order valence-corrected chi connectivity index (χ2v) is 29.1. The van der Waals surface area contributed by atoms with Crippen molar-refractivity contribution in [3.8, 4) is 22.4 Å². The number of aromatic nitrogens is 2. The Morgan fingerprint density at radius 3 is 2.60 bits per heavy atom. The first-order valence-electron chi connectivity index (χ1n) is 22.6. The SMILES string of the molecule is C=CC(=O)N1CC2(C1)O[CH2][In]([C@H](C(=O)N[C@H]1Cc3cccc(c3)-c3ccc4c(c3)c3c(n4CC)-c4cccnc4[C@@H](OC)C3C(C)(C)COC(=O)[C@@]3(I)CCCN(N3)C1=O)C(C)C)[C]2=O. The van der Waals surface area contributed by atoms with Crippen LogP contribution in [0, 0.1) is 11.3 Å². The summed E-state index contributed by atoms with van der Waals surface area (Å²) in [5.41, 5.74) is 9.42. The molecule has 5 aliphatic rings. The molecule has 1 unspecified atom stereocenters. The summed E-state index contributed by atoms with van der Waals surface area (Å²) < 4.78 is 19.6. The van der Waals surface area contributed by atoms with Gasteiger partial charge in [0.25, 0.3) is 0 Å². The molecule has 16 heteroatoms. The predicted molar refractivity (Wildman–Crippen MR) is 255 cm³/mol. The number of hydrogen-bond acceptors (Lipinski definition) is 10. The second kappa shape index (κ2) is 17.5. The molecule has 0 radical (unpaired) electrons. The van der Waals surface area contributed by atoms with Crippen molar-refractivity contribution in [1.29, 1.82) is 0 Å². The first kappa shape index (κ1) is 46.0. The van der Waals surface area contributed by atoms with Crippen molar-refractivity contribution >= 4 is 82.2 Å². The van der Waals surface area contributed by atoms with Gasteiger partial charge in [-0.25, -0.2) is 0 Å². The first-order valence-corrected chi connectivity index (χ1v) is 29.6. The number of amides is 3. The fourth-order valence-electron chi connectivity index (χ4n) is 11.1. The number of esters is 1. The van der Waals surface area contributed by atoms with Gasteiger partial charge in [-0.05, 0) is 19.1 Å². The van der Waals surface area contributed by atoms with Crippen LogP contribution in [0.2, 0.25) is 3.67 Å². The molecule has 1 spiro atoms. The number of likely N-dealkylation sites (tertiary alicyclic amines) is 1. The topological polar surface area (TPSA) is 161 Å². The number of hydrogen-bond donors (Lipinski definition) is 2. The Morgan fingerprint density at radius 1 is 1.11 bits per heavy atom. The Labute approximate surface area is 400 Å². The fraction of sp³-hybridized carbons (Fsp3) is 0.469. The van der Waals surface area contributed by atoms with Crippen LogP contribution < -0.4 is 10.7 Å². The molecular formula is C49H56IInN6O8. The van der Waals surface area contributed by atoms with Gasteiger partial charge in [0.05, 0.1) is 11.4 Å². The molecule has 340 valence electrons. The Bertz CT molecular complexity index is 2630.